The largest absolute Gasteiger partial charge is 0.409 e. The molecule has 0 aromatic carbocycles. The number of nitrogens with zero attached hydrogens (tertiary/aromatic N) is 3. The summed E-state index contributed by atoms with van der Waals surface area (Å²) in [5.74, 6) is 1.01. The molecule has 1 aromatic rings. The zero-order valence-electron chi connectivity index (χ0n) is 12.4. The van der Waals surface area contributed by atoms with Crippen LogP contribution in [0.5, 0.6) is 0 Å². The van der Waals surface area contributed by atoms with Crippen LogP contribution in [0.4, 0.5) is 5.82 Å². The van der Waals surface area contributed by atoms with Crippen molar-refractivity contribution in [1.82, 2.24) is 4.98 Å². The van der Waals surface area contributed by atoms with E-state index in [2.05, 4.69) is 15.0 Å². The summed E-state index contributed by atoms with van der Waals surface area (Å²) in [7, 11) is 0. The van der Waals surface area contributed by atoms with E-state index in [0.29, 0.717) is 0 Å². The van der Waals surface area contributed by atoms with Gasteiger partial charge in [0.2, 0.25) is 0 Å². The Balaban J connectivity index is 2.42. The number of hydrogen-bond donors (Lipinski definition) is 2. The van der Waals surface area contributed by atoms with Crippen molar-refractivity contribution < 1.29 is 5.21 Å². The van der Waals surface area contributed by atoms with E-state index in [4.69, 9.17) is 10.9 Å². The normalized spacial score (nSPS) is 17.7. The third-order valence-corrected chi connectivity index (χ3v) is 3.85. The van der Waals surface area contributed by atoms with Crippen LogP contribution in [0.2, 0.25) is 0 Å². The summed E-state index contributed by atoms with van der Waals surface area (Å²) in [5.41, 5.74) is 8.59. The van der Waals surface area contributed by atoms with Crippen LogP contribution in [0, 0.1) is 13.8 Å². The third-order valence-electron chi connectivity index (χ3n) is 3.85. The topological polar surface area (TPSA) is 74.7 Å². The van der Waals surface area contributed by atoms with E-state index >= 15 is 0 Å². The molecule has 5 nitrogen and oxygen atoms in total. The Morgan fingerprint density at radius 2 is 1.80 bits per heavy atom. The fourth-order valence-corrected chi connectivity index (χ4v) is 2.87. The van der Waals surface area contributed by atoms with Crippen molar-refractivity contribution in [2.45, 2.75) is 46.0 Å². The Morgan fingerprint density at radius 1 is 1.20 bits per heavy atom. The lowest BCUT2D eigenvalue weighted by atomic mass is 10.0. The zero-order valence-corrected chi connectivity index (χ0v) is 12.4. The van der Waals surface area contributed by atoms with Crippen LogP contribution in [0.15, 0.2) is 11.2 Å². The summed E-state index contributed by atoms with van der Waals surface area (Å²) in [6, 6.07) is 1.97. The fraction of sp³-hybridized carbons (Fsp3) is 0.600. The molecule has 0 saturated carbocycles. The first-order valence-corrected chi connectivity index (χ1v) is 7.34. The highest BCUT2D eigenvalue weighted by atomic mass is 16.4. The highest BCUT2D eigenvalue weighted by molar-refractivity contribution is 6.02. The smallest absolute Gasteiger partial charge is 0.174 e. The number of nitrogens with two attached hydrogens (primary N) is 1. The van der Waals surface area contributed by atoms with E-state index in [1.165, 1.54) is 32.1 Å². The van der Waals surface area contributed by atoms with Crippen LogP contribution >= 0.6 is 0 Å². The quantitative estimate of drug-likeness (QED) is 0.377. The number of amidine groups is 1. The minimum atomic E-state index is 0.145. The zero-order chi connectivity index (χ0) is 14.5. The number of aromatic nitrogens is 1. The van der Waals surface area contributed by atoms with Crippen molar-refractivity contribution >= 4 is 11.7 Å². The summed E-state index contributed by atoms with van der Waals surface area (Å²) in [4.78, 5) is 6.94. The molecule has 110 valence electrons. The Hall–Kier alpha value is -1.78. The molecule has 0 spiro atoms. The molecule has 1 saturated heterocycles. The van der Waals surface area contributed by atoms with Crippen molar-refractivity contribution in [2.75, 3.05) is 18.0 Å². The second-order valence-electron chi connectivity index (χ2n) is 5.52. The van der Waals surface area contributed by atoms with Gasteiger partial charge in [0.25, 0.3) is 0 Å². The van der Waals surface area contributed by atoms with E-state index < -0.39 is 0 Å². The molecule has 1 aliphatic heterocycles. The van der Waals surface area contributed by atoms with Crippen LogP contribution in [0.25, 0.3) is 0 Å². The van der Waals surface area contributed by atoms with Gasteiger partial charge in [0.1, 0.15) is 5.82 Å². The van der Waals surface area contributed by atoms with Crippen molar-refractivity contribution in [2.24, 2.45) is 10.9 Å². The molecule has 2 rings (SSSR count). The van der Waals surface area contributed by atoms with Crippen LogP contribution in [0.1, 0.15) is 48.9 Å². The maximum absolute atomic E-state index is 9.02. The molecular weight excluding hydrogens is 252 g/mol. The van der Waals surface area contributed by atoms with E-state index in [1.807, 2.05) is 19.9 Å². The molecule has 0 bridgehead atoms. The number of aryl methyl sites for hydroxylation is 2. The highest BCUT2D eigenvalue weighted by Gasteiger charge is 2.19. The Labute approximate surface area is 120 Å². The Morgan fingerprint density at radius 3 is 2.40 bits per heavy atom. The number of hydrogen-bond acceptors (Lipinski definition) is 4. The molecule has 3 N–H and O–H groups in total. The molecule has 0 unspecified atom stereocenters. The van der Waals surface area contributed by atoms with Crippen LogP contribution in [-0.4, -0.2) is 29.1 Å². The predicted octanol–water partition coefficient (Wildman–Crippen LogP) is 2.56. The fourth-order valence-electron chi connectivity index (χ4n) is 2.87. The van der Waals surface area contributed by atoms with Gasteiger partial charge in [-0.2, -0.15) is 0 Å². The monoisotopic (exact) mass is 276 g/mol. The second-order valence-corrected chi connectivity index (χ2v) is 5.52. The Kier molecular flexibility index (Phi) is 4.82. The lowest BCUT2D eigenvalue weighted by Crippen LogP contribution is -2.31. The van der Waals surface area contributed by atoms with E-state index in [0.717, 1.165) is 35.7 Å². The van der Waals surface area contributed by atoms with Crippen molar-refractivity contribution in [3.63, 3.8) is 0 Å². The molecule has 1 fully saturated rings. The summed E-state index contributed by atoms with van der Waals surface area (Å²) < 4.78 is 0. The second kappa shape index (κ2) is 6.59. The van der Waals surface area contributed by atoms with Gasteiger partial charge < -0.3 is 15.8 Å². The number of pyridine rings is 1. The minimum Gasteiger partial charge on any atom is -0.409 e. The summed E-state index contributed by atoms with van der Waals surface area (Å²) >= 11 is 0. The van der Waals surface area contributed by atoms with E-state index in [9.17, 15) is 0 Å². The van der Waals surface area contributed by atoms with Crippen LogP contribution in [-0.2, 0) is 0 Å². The van der Waals surface area contributed by atoms with Gasteiger partial charge in [-0.25, -0.2) is 4.98 Å². The molecular formula is C15H24N4O. The first kappa shape index (κ1) is 14.6. The summed E-state index contributed by atoms with van der Waals surface area (Å²) in [5, 5.41) is 12.2. The van der Waals surface area contributed by atoms with Gasteiger partial charge in [-0.05, 0) is 38.3 Å². The van der Waals surface area contributed by atoms with Gasteiger partial charge in [0, 0.05) is 18.8 Å². The summed E-state index contributed by atoms with van der Waals surface area (Å²) in [6.07, 6.45) is 6.19. The lowest BCUT2D eigenvalue weighted by Gasteiger charge is -2.28. The lowest BCUT2D eigenvalue weighted by molar-refractivity contribution is 0.318. The van der Waals surface area contributed by atoms with Crippen molar-refractivity contribution in [1.29, 1.82) is 0 Å². The molecule has 0 amide bonds. The molecule has 5 heteroatoms. The van der Waals surface area contributed by atoms with Crippen molar-refractivity contribution in [3.05, 3.63) is 22.9 Å². The molecule has 0 aliphatic carbocycles. The number of anilines is 1. The summed E-state index contributed by atoms with van der Waals surface area (Å²) in [6.45, 7) is 5.94. The average Bonchev–Trinajstić information content (AvgIpc) is 2.36. The number of rotatable bonds is 2. The van der Waals surface area contributed by atoms with E-state index in [-0.39, 0.29) is 5.84 Å². The van der Waals surface area contributed by atoms with Gasteiger partial charge in [-0.15, -0.1) is 0 Å². The van der Waals surface area contributed by atoms with Crippen molar-refractivity contribution in [3.8, 4) is 0 Å². The van der Waals surface area contributed by atoms with Crippen LogP contribution < -0.4 is 10.6 Å². The first-order chi connectivity index (χ1) is 9.63. The Bertz CT molecular complexity index is 491. The molecule has 0 radical (unpaired) electrons. The standard InChI is InChI=1S/C15H24N4O/c1-11-10-12(2)17-15(13(11)14(16)18-20)19-8-6-4-3-5-7-9-19/h10,20H,3-9H2,1-2H3,(H2,16,18). The average molecular weight is 276 g/mol. The maximum atomic E-state index is 9.02. The first-order valence-electron chi connectivity index (χ1n) is 7.34. The predicted molar refractivity (Wildman–Crippen MR) is 81.5 cm³/mol. The van der Waals surface area contributed by atoms with Gasteiger partial charge >= 0.3 is 0 Å². The molecule has 2 heterocycles. The molecule has 20 heavy (non-hydrogen) atoms. The molecule has 1 aromatic heterocycles. The molecule has 1 aliphatic rings. The van der Waals surface area contributed by atoms with Gasteiger partial charge in [0.15, 0.2) is 5.84 Å². The van der Waals surface area contributed by atoms with Gasteiger partial charge in [0.05, 0.1) is 5.56 Å². The van der Waals surface area contributed by atoms with Crippen LogP contribution in [0.3, 0.4) is 0 Å². The third kappa shape index (κ3) is 3.21. The maximum Gasteiger partial charge on any atom is 0.174 e. The molecule has 0 atom stereocenters. The van der Waals surface area contributed by atoms with E-state index in [1.54, 1.807) is 0 Å². The SMILES string of the molecule is Cc1cc(C)c(C(N)=NO)c(N2CCCCCCC2)n1. The highest BCUT2D eigenvalue weighted by Crippen LogP contribution is 2.25. The minimum absolute atomic E-state index is 0.145. The van der Waals surface area contributed by atoms with Gasteiger partial charge in [-0.3, -0.25) is 0 Å². The van der Waals surface area contributed by atoms with Gasteiger partial charge in [-0.1, -0.05) is 24.4 Å². The number of oxime groups is 1.